The number of rotatable bonds is 2. The average molecular weight is 320 g/mol. The molecule has 0 heterocycles. The number of benzene rings is 2. The molecule has 2 rings (SSSR count). The SMILES string of the molecule is Cc1cc(Br)ccc1NC(=O)Nc1cccc(N)c1. The molecule has 0 atom stereocenters. The van der Waals surface area contributed by atoms with Gasteiger partial charge < -0.3 is 16.4 Å². The third-order valence-corrected chi connectivity index (χ3v) is 3.07. The van der Waals surface area contributed by atoms with Gasteiger partial charge >= 0.3 is 6.03 Å². The van der Waals surface area contributed by atoms with E-state index in [-0.39, 0.29) is 6.03 Å². The fourth-order valence-electron chi connectivity index (χ4n) is 1.67. The normalized spacial score (nSPS) is 10.0. The van der Waals surface area contributed by atoms with Gasteiger partial charge in [0.05, 0.1) is 0 Å². The first-order chi connectivity index (χ1) is 9.04. The van der Waals surface area contributed by atoms with E-state index in [0.717, 1.165) is 15.7 Å². The summed E-state index contributed by atoms with van der Waals surface area (Å²) in [5, 5.41) is 5.52. The van der Waals surface area contributed by atoms with Gasteiger partial charge in [-0.15, -0.1) is 0 Å². The predicted molar refractivity (Wildman–Crippen MR) is 82.4 cm³/mol. The van der Waals surface area contributed by atoms with E-state index in [9.17, 15) is 4.79 Å². The van der Waals surface area contributed by atoms with Gasteiger partial charge in [0.25, 0.3) is 0 Å². The number of anilines is 3. The van der Waals surface area contributed by atoms with Gasteiger partial charge in [-0.1, -0.05) is 22.0 Å². The van der Waals surface area contributed by atoms with Gasteiger partial charge in [-0.2, -0.15) is 0 Å². The summed E-state index contributed by atoms with van der Waals surface area (Å²) < 4.78 is 0.979. The molecule has 0 spiro atoms. The lowest BCUT2D eigenvalue weighted by Crippen LogP contribution is -2.20. The van der Waals surface area contributed by atoms with Crippen LogP contribution in [0, 0.1) is 6.92 Å². The zero-order chi connectivity index (χ0) is 13.8. The van der Waals surface area contributed by atoms with Crippen LogP contribution in [0.25, 0.3) is 0 Å². The van der Waals surface area contributed by atoms with Crippen molar-refractivity contribution in [2.24, 2.45) is 0 Å². The van der Waals surface area contributed by atoms with Gasteiger partial charge in [0.15, 0.2) is 0 Å². The maximum Gasteiger partial charge on any atom is 0.323 e. The first-order valence-electron chi connectivity index (χ1n) is 5.74. The number of urea groups is 1. The molecule has 19 heavy (non-hydrogen) atoms. The van der Waals surface area contributed by atoms with Crippen molar-refractivity contribution in [1.29, 1.82) is 0 Å². The Morgan fingerprint density at radius 1 is 1.16 bits per heavy atom. The molecule has 4 N–H and O–H groups in total. The number of nitrogens with one attached hydrogen (secondary N) is 2. The first kappa shape index (κ1) is 13.4. The molecule has 0 aromatic heterocycles. The number of nitrogen functional groups attached to an aromatic ring is 1. The third-order valence-electron chi connectivity index (χ3n) is 2.58. The smallest absolute Gasteiger partial charge is 0.323 e. The van der Waals surface area contributed by atoms with Gasteiger partial charge in [0.2, 0.25) is 0 Å². The van der Waals surface area contributed by atoms with E-state index in [4.69, 9.17) is 5.73 Å². The molecule has 2 amide bonds. The highest BCUT2D eigenvalue weighted by molar-refractivity contribution is 9.10. The second kappa shape index (κ2) is 5.75. The Morgan fingerprint density at radius 2 is 1.95 bits per heavy atom. The summed E-state index contributed by atoms with van der Waals surface area (Å²) in [4.78, 5) is 11.9. The monoisotopic (exact) mass is 319 g/mol. The molecule has 0 bridgehead atoms. The second-order valence-corrected chi connectivity index (χ2v) is 5.08. The standard InChI is InChI=1S/C14H14BrN3O/c1-9-7-10(15)5-6-13(9)18-14(19)17-12-4-2-3-11(16)8-12/h2-8H,16H2,1H3,(H2,17,18,19). The van der Waals surface area contributed by atoms with Crippen LogP contribution in [-0.4, -0.2) is 6.03 Å². The topological polar surface area (TPSA) is 67.2 Å². The van der Waals surface area contributed by atoms with Gasteiger partial charge in [-0.05, 0) is 48.9 Å². The van der Waals surface area contributed by atoms with Crippen LogP contribution in [0.5, 0.6) is 0 Å². The quantitative estimate of drug-likeness (QED) is 0.733. The minimum Gasteiger partial charge on any atom is -0.399 e. The number of hydrogen-bond acceptors (Lipinski definition) is 2. The van der Waals surface area contributed by atoms with Crippen LogP contribution >= 0.6 is 15.9 Å². The summed E-state index contributed by atoms with van der Waals surface area (Å²) in [6.07, 6.45) is 0. The van der Waals surface area contributed by atoms with E-state index >= 15 is 0 Å². The summed E-state index contributed by atoms with van der Waals surface area (Å²) in [6.45, 7) is 1.93. The Morgan fingerprint density at radius 3 is 2.63 bits per heavy atom. The van der Waals surface area contributed by atoms with E-state index in [1.807, 2.05) is 25.1 Å². The van der Waals surface area contributed by atoms with Crippen LogP contribution in [0.15, 0.2) is 46.9 Å². The van der Waals surface area contributed by atoms with Crippen LogP contribution in [0.2, 0.25) is 0 Å². The van der Waals surface area contributed by atoms with Crippen LogP contribution in [-0.2, 0) is 0 Å². The van der Waals surface area contributed by atoms with Gasteiger partial charge in [-0.25, -0.2) is 4.79 Å². The molecule has 0 unspecified atom stereocenters. The lowest BCUT2D eigenvalue weighted by Gasteiger charge is -2.10. The molecule has 2 aromatic carbocycles. The van der Waals surface area contributed by atoms with E-state index < -0.39 is 0 Å². The number of nitrogens with two attached hydrogens (primary N) is 1. The van der Waals surface area contributed by atoms with Crippen LogP contribution < -0.4 is 16.4 Å². The summed E-state index contributed by atoms with van der Waals surface area (Å²) in [5.74, 6) is 0. The molecule has 0 saturated carbocycles. The van der Waals surface area contributed by atoms with Gasteiger partial charge in [-0.3, -0.25) is 0 Å². The highest BCUT2D eigenvalue weighted by atomic mass is 79.9. The highest BCUT2D eigenvalue weighted by Gasteiger charge is 2.05. The molecule has 0 aliphatic carbocycles. The number of carbonyl (C=O) groups excluding carboxylic acids is 1. The summed E-state index contributed by atoms with van der Waals surface area (Å²) in [7, 11) is 0. The van der Waals surface area contributed by atoms with Crippen molar-refractivity contribution in [3.05, 3.63) is 52.5 Å². The van der Waals surface area contributed by atoms with Crippen molar-refractivity contribution in [1.82, 2.24) is 0 Å². The fourth-order valence-corrected chi connectivity index (χ4v) is 2.14. The number of halogens is 1. The Hall–Kier alpha value is -2.01. The zero-order valence-electron chi connectivity index (χ0n) is 10.4. The van der Waals surface area contributed by atoms with Crippen molar-refractivity contribution in [2.75, 3.05) is 16.4 Å². The molecule has 0 aliphatic rings. The highest BCUT2D eigenvalue weighted by Crippen LogP contribution is 2.20. The lowest BCUT2D eigenvalue weighted by molar-refractivity contribution is 0.262. The van der Waals surface area contributed by atoms with Gasteiger partial charge in [0.1, 0.15) is 0 Å². The molecule has 98 valence electrons. The molecule has 0 saturated heterocycles. The van der Waals surface area contributed by atoms with Crippen molar-refractivity contribution < 1.29 is 4.79 Å². The van der Waals surface area contributed by atoms with Crippen LogP contribution in [0.3, 0.4) is 0 Å². The van der Waals surface area contributed by atoms with Crippen molar-refractivity contribution in [2.45, 2.75) is 6.92 Å². The Labute approximate surface area is 120 Å². The van der Waals surface area contributed by atoms with E-state index in [0.29, 0.717) is 11.4 Å². The Bertz CT molecular complexity index is 613. The lowest BCUT2D eigenvalue weighted by atomic mass is 10.2. The molecule has 5 heteroatoms. The van der Waals surface area contributed by atoms with Crippen molar-refractivity contribution in [3.8, 4) is 0 Å². The van der Waals surface area contributed by atoms with E-state index in [1.54, 1.807) is 24.3 Å². The third kappa shape index (κ3) is 3.72. The molecule has 4 nitrogen and oxygen atoms in total. The average Bonchev–Trinajstić information content (AvgIpc) is 2.33. The molecule has 0 fully saturated rings. The van der Waals surface area contributed by atoms with E-state index in [2.05, 4.69) is 26.6 Å². The zero-order valence-corrected chi connectivity index (χ0v) is 12.0. The van der Waals surface area contributed by atoms with Crippen molar-refractivity contribution in [3.63, 3.8) is 0 Å². The summed E-state index contributed by atoms with van der Waals surface area (Å²) in [5.41, 5.74) is 8.67. The first-order valence-corrected chi connectivity index (χ1v) is 6.53. The van der Waals surface area contributed by atoms with Gasteiger partial charge in [0, 0.05) is 21.5 Å². The van der Waals surface area contributed by atoms with Crippen LogP contribution in [0.1, 0.15) is 5.56 Å². The number of hydrogen-bond donors (Lipinski definition) is 3. The maximum atomic E-state index is 11.9. The maximum absolute atomic E-state index is 11.9. The predicted octanol–water partition coefficient (Wildman–Crippen LogP) is 3.98. The summed E-state index contributed by atoms with van der Waals surface area (Å²) in [6, 6.07) is 12.4. The molecular weight excluding hydrogens is 306 g/mol. The minimum atomic E-state index is -0.295. The molecule has 0 radical (unpaired) electrons. The van der Waals surface area contributed by atoms with Crippen LogP contribution in [0.4, 0.5) is 21.9 Å². The number of carbonyl (C=O) groups is 1. The number of aryl methyl sites for hydroxylation is 1. The van der Waals surface area contributed by atoms with E-state index in [1.165, 1.54) is 0 Å². The summed E-state index contributed by atoms with van der Waals surface area (Å²) >= 11 is 3.38. The second-order valence-electron chi connectivity index (χ2n) is 4.16. The number of amides is 2. The van der Waals surface area contributed by atoms with Crippen molar-refractivity contribution >= 4 is 39.0 Å². The minimum absolute atomic E-state index is 0.295. The Kier molecular flexibility index (Phi) is 4.06. The molecular formula is C14H14BrN3O. The fraction of sp³-hybridized carbons (Fsp3) is 0.0714. The Balaban J connectivity index is 2.05. The largest absolute Gasteiger partial charge is 0.399 e. The molecule has 2 aromatic rings. The molecule has 0 aliphatic heterocycles.